The van der Waals surface area contributed by atoms with Gasteiger partial charge in [0.2, 0.25) is 0 Å². The lowest BCUT2D eigenvalue weighted by atomic mass is 10.2. The molecule has 2 heterocycles. The highest BCUT2D eigenvalue weighted by atomic mass is 16.5. The fraction of sp³-hybridized carbons (Fsp3) is 0.188. The molecule has 3 rings (SSSR count). The number of furan rings is 1. The molecular weight excluding hydrogens is 252 g/mol. The van der Waals surface area contributed by atoms with Gasteiger partial charge in [0.05, 0.1) is 12.1 Å². The van der Waals surface area contributed by atoms with E-state index < -0.39 is 0 Å². The second-order valence-electron chi connectivity index (χ2n) is 4.54. The molecule has 1 N–H and O–H groups in total. The third-order valence-corrected chi connectivity index (χ3v) is 3.03. The van der Waals surface area contributed by atoms with Gasteiger partial charge < -0.3 is 14.5 Å². The molecule has 0 aliphatic heterocycles. The highest BCUT2D eigenvalue weighted by Gasteiger charge is 2.03. The van der Waals surface area contributed by atoms with Gasteiger partial charge in [-0.25, -0.2) is 0 Å². The van der Waals surface area contributed by atoms with Crippen molar-refractivity contribution in [1.82, 2.24) is 10.3 Å². The molecule has 20 heavy (non-hydrogen) atoms. The monoisotopic (exact) mass is 268 g/mol. The molecule has 4 heteroatoms. The molecule has 0 saturated carbocycles. The second kappa shape index (κ2) is 5.75. The van der Waals surface area contributed by atoms with E-state index in [0.29, 0.717) is 6.61 Å². The summed E-state index contributed by atoms with van der Waals surface area (Å²) in [5, 5.41) is 4.15. The van der Waals surface area contributed by atoms with Crippen molar-refractivity contribution in [2.24, 2.45) is 0 Å². The lowest BCUT2D eigenvalue weighted by Crippen LogP contribution is -2.03. The number of nitrogens with one attached hydrogen (secondary N) is 1. The fourth-order valence-electron chi connectivity index (χ4n) is 2.06. The molecular formula is C16H16N2O2. The first-order valence-electron chi connectivity index (χ1n) is 6.55. The van der Waals surface area contributed by atoms with Crippen molar-refractivity contribution >= 4 is 10.9 Å². The first-order chi connectivity index (χ1) is 9.85. The Bertz CT molecular complexity index is 706. The standard InChI is InChI=1S/C16H16N2O2/c1-17-10-14-6-7-15(20-14)11-19-13-5-4-12-3-2-8-18-16(12)9-13/h2-9,17H,10-11H2,1H3. The molecule has 0 unspecified atom stereocenters. The van der Waals surface area contributed by atoms with E-state index >= 15 is 0 Å². The third-order valence-electron chi connectivity index (χ3n) is 3.03. The largest absolute Gasteiger partial charge is 0.486 e. The summed E-state index contributed by atoms with van der Waals surface area (Å²) in [5.74, 6) is 2.52. The average molecular weight is 268 g/mol. The van der Waals surface area contributed by atoms with Crippen molar-refractivity contribution in [3.8, 4) is 5.75 Å². The molecule has 0 atom stereocenters. The Morgan fingerprint density at radius 1 is 1.15 bits per heavy atom. The van der Waals surface area contributed by atoms with Crippen LogP contribution in [-0.4, -0.2) is 12.0 Å². The maximum Gasteiger partial charge on any atom is 0.146 e. The van der Waals surface area contributed by atoms with Gasteiger partial charge in [-0.2, -0.15) is 0 Å². The number of nitrogens with zero attached hydrogens (tertiary/aromatic N) is 1. The Hall–Kier alpha value is -2.33. The van der Waals surface area contributed by atoms with E-state index in [4.69, 9.17) is 9.15 Å². The van der Waals surface area contributed by atoms with E-state index in [9.17, 15) is 0 Å². The lowest BCUT2D eigenvalue weighted by molar-refractivity contribution is 0.265. The number of benzene rings is 1. The summed E-state index contributed by atoms with van der Waals surface area (Å²) in [7, 11) is 1.89. The van der Waals surface area contributed by atoms with Crippen molar-refractivity contribution in [1.29, 1.82) is 0 Å². The third kappa shape index (κ3) is 2.81. The second-order valence-corrected chi connectivity index (χ2v) is 4.54. The molecule has 102 valence electrons. The number of rotatable bonds is 5. The maximum absolute atomic E-state index is 5.74. The Kier molecular flexibility index (Phi) is 3.65. The summed E-state index contributed by atoms with van der Waals surface area (Å²) in [5.41, 5.74) is 0.931. The quantitative estimate of drug-likeness (QED) is 0.772. The summed E-state index contributed by atoms with van der Waals surface area (Å²) < 4.78 is 11.4. The summed E-state index contributed by atoms with van der Waals surface area (Å²) >= 11 is 0. The van der Waals surface area contributed by atoms with Crippen LogP contribution in [0.4, 0.5) is 0 Å². The molecule has 0 saturated heterocycles. The van der Waals surface area contributed by atoms with Crippen LogP contribution in [0.5, 0.6) is 5.75 Å². The lowest BCUT2D eigenvalue weighted by Gasteiger charge is -2.05. The van der Waals surface area contributed by atoms with Crippen molar-refractivity contribution in [2.45, 2.75) is 13.2 Å². The minimum Gasteiger partial charge on any atom is -0.486 e. The highest BCUT2D eigenvalue weighted by Crippen LogP contribution is 2.20. The number of ether oxygens (including phenoxy) is 1. The number of hydrogen-bond acceptors (Lipinski definition) is 4. The van der Waals surface area contributed by atoms with Crippen LogP contribution >= 0.6 is 0 Å². The van der Waals surface area contributed by atoms with Crippen LogP contribution < -0.4 is 10.1 Å². The Labute approximate surface area is 117 Å². The van der Waals surface area contributed by atoms with Gasteiger partial charge in [-0.1, -0.05) is 6.07 Å². The minimum atomic E-state index is 0.419. The van der Waals surface area contributed by atoms with E-state index in [-0.39, 0.29) is 0 Å². The van der Waals surface area contributed by atoms with Gasteiger partial charge >= 0.3 is 0 Å². The first-order valence-corrected chi connectivity index (χ1v) is 6.55. The van der Waals surface area contributed by atoms with Gasteiger partial charge in [-0.3, -0.25) is 4.98 Å². The molecule has 0 amide bonds. The van der Waals surface area contributed by atoms with Crippen molar-refractivity contribution < 1.29 is 9.15 Å². The van der Waals surface area contributed by atoms with Gasteiger partial charge in [-0.05, 0) is 37.4 Å². The topological polar surface area (TPSA) is 47.3 Å². The molecule has 1 aromatic carbocycles. The van der Waals surface area contributed by atoms with Crippen LogP contribution in [0.3, 0.4) is 0 Å². The number of hydrogen-bond donors (Lipinski definition) is 1. The Morgan fingerprint density at radius 3 is 2.95 bits per heavy atom. The molecule has 0 aliphatic rings. The smallest absolute Gasteiger partial charge is 0.146 e. The van der Waals surface area contributed by atoms with Gasteiger partial charge in [0, 0.05) is 17.6 Å². The van der Waals surface area contributed by atoms with Crippen LogP contribution in [0.25, 0.3) is 10.9 Å². The van der Waals surface area contributed by atoms with Crippen LogP contribution in [0, 0.1) is 0 Å². The van der Waals surface area contributed by atoms with Crippen LogP contribution in [0.15, 0.2) is 53.1 Å². The zero-order valence-corrected chi connectivity index (χ0v) is 11.3. The Balaban J connectivity index is 1.69. The Morgan fingerprint density at radius 2 is 2.05 bits per heavy atom. The minimum absolute atomic E-state index is 0.419. The van der Waals surface area contributed by atoms with E-state index in [0.717, 1.165) is 34.7 Å². The van der Waals surface area contributed by atoms with Gasteiger partial charge in [0.1, 0.15) is 23.9 Å². The zero-order valence-electron chi connectivity index (χ0n) is 11.3. The van der Waals surface area contributed by atoms with Gasteiger partial charge in [0.15, 0.2) is 0 Å². The van der Waals surface area contributed by atoms with Gasteiger partial charge in [-0.15, -0.1) is 0 Å². The normalized spacial score (nSPS) is 10.8. The van der Waals surface area contributed by atoms with E-state index in [1.807, 2.05) is 49.5 Å². The summed E-state index contributed by atoms with van der Waals surface area (Å²) in [6.45, 7) is 1.14. The molecule has 4 nitrogen and oxygen atoms in total. The number of aromatic nitrogens is 1. The SMILES string of the molecule is CNCc1ccc(COc2ccc3cccnc3c2)o1. The van der Waals surface area contributed by atoms with E-state index in [2.05, 4.69) is 10.3 Å². The molecule has 2 aromatic heterocycles. The maximum atomic E-state index is 5.74. The first kappa shape index (κ1) is 12.7. The summed E-state index contributed by atoms with van der Waals surface area (Å²) in [6.07, 6.45) is 1.78. The molecule has 3 aromatic rings. The molecule has 0 radical (unpaired) electrons. The summed E-state index contributed by atoms with van der Waals surface area (Å²) in [4.78, 5) is 4.31. The van der Waals surface area contributed by atoms with Crippen molar-refractivity contribution in [3.05, 3.63) is 60.2 Å². The highest BCUT2D eigenvalue weighted by molar-refractivity contribution is 5.79. The predicted octanol–water partition coefficient (Wildman–Crippen LogP) is 3.13. The average Bonchev–Trinajstić information content (AvgIpc) is 2.93. The van der Waals surface area contributed by atoms with Crippen LogP contribution in [-0.2, 0) is 13.2 Å². The zero-order chi connectivity index (χ0) is 13.8. The molecule has 0 aliphatic carbocycles. The fourth-order valence-corrected chi connectivity index (χ4v) is 2.06. The van der Waals surface area contributed by atoms with Crippen LogP contribution in [0.2, 0.25) is 0 Å². The van der Waals surface area contributed by atoms with Gasteiger partial charge in [0.25, 0.3) is 0 Å². The van der Waals surface area contributed by atoms with Crippen molar-refractivity contribution in [2.75, 3.05) is 7.05 Å². The molecule has 0 fully saturated rings. The van der Waals surface area contributed by atoms with E-state index in [1.165, 1.54) is 0 Å². The van der Waals surface area contributed by atoms with Crippen LogP contribution in [0.1, 0.15) is 11.5 Å². The molecule has 0 bridgehead atoms. The van der Waals surface area contributed by atoms with E-state index in [1.54, 1.807) is 6.20 Å². The van der Waals surface area contributed by atoms with Crippen molar-refractivity contribution in [3.63, 3.8) is 0 Å². The number of fused-ring (bicyclic) bond motifs is 1. The predicted molar refractivity (Wildman–Crippen MR) is 77.5 cm³/mol. The summed E-state index contributed by atoms with van der Waals surface area (Å²) in [6, 6.07) is 13.7. The number of pyridine rings is 1. The molecule has 0 spiro atoms.